The number of rotatable bonds is 5. The van der Waals surface area contributed by atoms with Gasteiger partial charge in [-0.1, -0.05) is 64.1 Å². The third-order valence-electron chi connectivity index (χ3n) is 6.61. The molecule has 176 valence electrons. The molecule has 0 atom stereocenters. The Morgan fingerprint density at radius 3 is 2.15 bits per heavy atom. The predicted octanol–water partition coefficient (Wildman–Crippen LogP) is 7.00. The summed E-state index contributed by atoms with van der Waals surface area (Å²) < 4.78 is 10.9. The van der Waals surface area contributed by atoms with Gasteiger partial charge in [0, 0.05) is 5.69 Å². The Labute approximate surface area is 201 Å². The number of carbonyl (C=O) groups is 2. The summed E-state index contributed by atoms with van der Waals surface area (Å²) in [5.41, 5.74) is 4.55. The first-order valence-corrected chi connectivity index (χ1v) is 11.6. The van der Waals surface area contributed by atoms with E-state index in [4.69, 9.17) is 9.47 Å². The molecule has 0 spiro atoms. The van der Waals surface area contributed by atoms with Crippen LogP contribution in [0.4, 0.5) is 10.5 Å². The highest BCUT2D eigenvalue weighted by molar-refractivity contribution is 5.91. The van der Waals surface area contributed by atoms with Crippen LogP contribution in [0.5, 0.6) is 5.75 Å². The second kappa shape index (κ2) is 9.34. The number of ether oxygens (including phenoxy) is 2. The number of nitrogens with one attached hydrogen (secondary N) is 1. The molecule has 0 radical (unpaired) electrons. The highest BCUT2D eigenvalue weighted by atomic mass is 16.6. The molecule has 1 N–H and O–H groups in total. The molecule has 1 aliphatic rings. The fourth-order valence-corrected chi connectivity index (χ4v) is 4.38. The maximum atomic E-state index is 12.5. The monoisotopic (exact) mass is 457 g/mol. The molecule has 0 saturated heterocycles. The third-order valence-corrected chi connectivity index (χ3v) is 6.61. The SMILES string of the molecule is CC1(C)CCC(C)(C)c2cc(OC(=O)Nc3ccc(C(=O)OCc4ccccc4)cc3)ccc21. The van der Waals surface area contributed by atoms with Gasteiger partial charge in [-0.25, -0.2) is 9.59 Å². The molecule has 0 saturated carbocycles. The van der Waals surface area contributed by atoms with Crippen LogP contribution in [0.25, 0.3) is 0 Å². The first-order valence-electron chi connectivity index (χ1n) is 11.6. The summed E-state index contributed by atoms with van der Waals surface area (Å²) in [4.78, 5) is 24.8. The van der Waals surface area contributed by atoms with Crippen LogP contribution >= 0.6 is 0 Å². The van der Waals surface area contributed by atoms with Crippen LogP contribution in [0.15, 0.2) is 72.8 Å². The molecule has 34 heavy (non-hydrogen) atoms. The lowest BCUT2D eigenvalue weighted by atomic mass is 9.63. The van der Waals surface area contributed by atoms with Crippen molar-refractivity contribution in [3.05, 3.63) is 95.1 Å². The Bertz CT molecular complexity index is 1180. The Morgan fingerprint density at radius 1 is 0.824 bits per heavy atom. The standard InChI is InChI=1S/C29H31NO4/c1-28(2)16-17-29(3,4)25-18-23(14-15-24(25)28)34-27(32)30-22-12-10-21(11-13-22)26(31)33-19-20-8-6-5-7-9-20/h5-15,18H,16-17,19H2,1-4H3,(H,30,32). The highest BCUT2D eigenvalue weighted by Gasteiger charge is 2.37. The van der Waals surface area contributed by atoms with E-state index in [9.17, 15) is 9.59 Å². The molecule has 5 heteroatoms. The van der Waals surface area contributed by atoms with Crippen LogP contribution in [0.2, 0.25) is 0 Å². The normalized spacial score (nSPS) is 15.6. The van der Waals surface area contributed by atoms with Crippen LogP contribution < -0.4 is 10.1 Å². The van der Waals surface area contributed by atoms with Crippen molar-refractivity contribution in [3.8, 4) is 5.75 Å². The fourth-order valence-electron chi connectivity index (χ4n) is 4.38. The van der Waals surface area contributed by atoms with E-state index in [0.717, 1.165) is 18.4 Å². The van der Waals surface area contributed by atoms with Crippen molar-refractivity contribution in [2.24, 2.45) is 0 Å². The second-order valence-electron chi connectivity index (χ2n) is 10.1. The zero-order chi connectivity index (χ0) is 24.3. The molecule has 0 heterocycles. The van der Waals surface area contributed by atoms with E-state index >= 15 is 0 Å². The molecule has 0 unspecified atom stereocenters. The molecule has 1 aliphatic carbocycles. The lowest BCUT2D eigenvalue weighted by Gasteiger charge is -2.41. The quantitative estimate of drug-likeness (QED) is 0.419. The smallest absolute Gasteiger partial charge is 0.417 e. The Kier molecular flexibility index (Phi) is 6.47. The van der Waals surface area contributed by atoms with Gasteiger partial charge in [0.25, 0.3) is 0 Å². The van der Waals surface area contributed by atoms with E-state index in [1.54, 1.807) is 24.3 Å². The second-order valence-corrected chi connectivity index (χ2v) is 10.1. The number of esters is 1. The third kappa shape index (κ3) is 5.30. The molecular weight excluding hydrogens is 426 g/mol. The Balaban J connectivity index is 1.37. The van der Waals surface area contributed by atoms with E-state index in [-0.39, 0.29) is 17.4 Å². The maximum Gasteiger partial charge on any atom is 0.417 e. The largest absolute Gasteiger partial charge is 0.457 e. The van der Waals surface area contributed by atoms with Crippen molar-refractivity contribution in [3.63, 3.8) is 0 Å². The number of fused-ring (bicyclic) bond motifs is 1. The van der Waals surface area contributed by atoms with Gasteiger partial charge in [0.15, 0.2) is 0 Å². The van der Waals surface area contributed by atoms with Gasteiger partial charge >= 0.3 is 12.1 Å². The van der Waals surface area contributed by atoms with Crippen LogP contribution in [-0.4, -0.2) is 12.1 Å². The van der Waals surface area contributed by atoms with Crippen LogP contribution in [0.1, 0.15) is 67.6 Å². The molecule has 0 aliphatic heterocycles. The average Bonchev–Trinajstić information content (AvgIpc) is 2.82. The van der Waals surface area contributed by atoms with Gasteiger partial charge < -0.3 is 9.47 Å². The van der Waals surface area contributed by atoms with E-state index in [2.05, 4.69) is 39.1 Å². The van der Waals surface area contributed by atoms with Crippen molar-refractivity contribution in [2.75, 3.05) is 5.32 Å². The summed E-state index contributed by atoms with van der Waals surface area (Å²) in [6.07, 6.45) is 1.64. The molecule has 3 aromatic carbocycles. The number of carbonyl (C=O) groups excluding carboxylic acids is 2. The minimum Gasteiger partial charge on any atom is -0.457 e. The van der Waals surface area contributed by atoms with Gasteiger partial charge in [-0.05, 0) is 76.8 Å². The van der Waals surface area contributed by atoms with Crippen molar-refractivity contribution >= 4 is 17.7 Å². The zero-order valence-corrected chi connectivity index (χ0v) is 20.2. The Hall–Kier alpha value is -3.60. The fraction of sp³-hybridized carbons (Fsp3) is 0.310. The molecule has 1 amide bonds. The lowest BCUT2D eigenvalue weighted by molar-refractivity contribution is 0.0472. The predicted molar refractivity (Wildman–Crippen MR) is 133 cm³/mol. The van der Waals surface area contributed by atoms with Crippen molar-refractivity contribution < 1.29 is 19.1 Å². The van der Waals surface area contributed by atoms with E-state index < -0.39 is 12.1 Å². The minimum absolute atomic E-state index is 0.0334. The summed E-state index contributed by atoms with van der Waals surface area (Å²) in [5.74, 6) is 0.0979. The number of hydrogen-bond donors (Lipinski definition) is 1. The number of anilines is 1. The molecule has 0 bridgehead atoms. The first-order chi connectivity index (χ1) is 16.1. The van der Waals surface area contributed by atoms with Gasteiger partial charge in [-0.2, -0.15) is 0 Å². The average molecular weight is 458 g/mol. The summed E-state index contributed by atoms with van der Waals surface area (Å²) >= 11 is 0. The van der Waals surface area contributed by atoms with E-state index in [1.807, 2.05) is 42.5 Å². The molecule has 4 rings (SSSR count). The zero-order valence-electron chi connectivity index (χ0n) is 20.2. The van der Waals surface area contributed by atoms with Gasteiger partial charge in [0.2, 0.25) is 0 Å². The highest BCUT2D eigenvalue weighted by Crippen LogP contribution is 2.46. The van der Waals surface area contributed by atoms with Crippen LogP contribution in [0.3, 0.4) is 0 Å². The summed E-state index contributed by atoms with van der Waals surface area (Å²) in [6.45, 7) is 9.19. The molecule has 5 nitrogen and oxygen atoms in total. The van der Waals surface area contributed by atoms with E-state index in [0.29, 0.717) is 17.0 Å². The van der Waals surface area contributed by atoms with Crippen LogP contribution in [-0.2, 0) is 22.2 Å². The first kappa shape index (κ1) is 23.6. The van der Waals surface area contributed by atoms with Gasteiger partial charge in [0.1, 0.15) is 12.4 Å². The number of hydrogen-bond acceptors (Lipinski definition) is 4. The van der Waals surface area contributed by atoms with Gasteiger partial charge in [-0.15, -0.1) is 0 Å². The number of benzene rings is 3. The summed E-state index contributed by atoms with van der Waals surface area (Å²) in [7, 11) is 0. The van der Waals surface area contributed by atoms with Crippen molar-refractivity contribution in [1.82, 2.24) is 0 Å². The van der Waals surface area contributed by atoms with Gasteiger partial charge in [-0.3, -0.25) is 5.32 Å². The van der Waals surface area contributed by atoms with Crippen LogP contribution in [0, 0.1) is 0 Å². The molecule has 0 fully saturated rings. The molecule has 0 aromatic heterocycles. The van der Waals surface area contributed by atoms with Crippen molar-refractivity contribution in [2.45, 2.75) is 58.0 Å². The Morgan fingerprint density at radius 2 is 1.47 bits per heavy atom. The molecular formula is C29H31NO4. The summed E-state index contributed by atoms with van der Waals surface area (Å²) in [6, 6.07) is 22.0. The minimum atomic E-state index is -0.577. The number of amides is 1. The van der Waals surface area contributed by atoms with E-state index in [1.165, 1.54) is 11.1 Å². The maximum absolute atomic E-state index is 12.5. The lowest BCUT2D eigenvalue weighted by Crippen LogP contribution is -2.33. The molecule has 3 aromatic rings. The van der Waals surface area contributed by atoms with Crippen molar-refractivity contribution in [1.29, 1.82) is 0 Å². The topological polar surface area (TPSA) is 64.6 Å². The van der Waals surface area contributed by atoms with Gasteiger partial charge in [0.05, 0.1) is 5.56 Å². The summed E-state index contributed by atoms with van der Waals surface area (Å²) in [5, 5.41) is 2.72.